The predicted octanol–water partition coefficient (Wildman–Crippen LogP) is 2.30. The van der Waals surface area contributed by atoms with Crippen LogP contribution in [0.5, 0.6) is 11.5 Å². The van der Waals surface area contributed by atoms with Crippen molar-refractivity contribution in [2.24, 2.45) is 0 Å². The van der Waals surface area contributed by atoms with Gasteiger partial charge < -0.3 is 19.5 Å². The van der Waals surface area contributed by atoms with Crippen molar-refractivity contribution in [2.75, 3.05) is 38.8 Å². The molecular formula is C13H19NO3. The molecule has 1 aliphatic heterocycles. The van der Waals surface area contributed by atoms with Gasteiger partial charge in [0.05, 0.1) is 0 Å². The molecule has 0 amide bonds. The molecule has 0 spiro atoms. The normalized spacial score (nSPS) is 13.5. The van der Waals surface area contributed by atoms with Gasteiger partial charge in [-0.05, 0) is 25.0 Å². The van der Waals surface area contributed by atoms with E-state index in [1.54, 1.807) is 7.11 Å². The van der Waals surface area contributed by atoms with Gasteiger partial charge in [-0.25, -0.2) is 0 Å². The third-order valence-electron chi connectivity index (χ3n) is 2.65. The van der Waals surface area contributed by atoms with Crippen LogP contribution in [0, 0.1) is 0 Å². The summed E-state index contributed by atoms with van der Waals surface area (Å²) in [5.74, 6) is 1.67. The molecule has 0 aromatic heterocycles. The maximum atomic E-state index is 5.52. The minimum atomic E-state index is 0.629. The van der Waals surface area contributed by atoms with Gasteiger partial charge in [0.2, 0.25) is 0 Å². The summed E-state index contributed by atoms with van der Waals surface area (Å²) in [4.78, 5) is 0. The number of fused-ring (bicyclic) bond motifs is 1. The van der Waals surface area contributed by atoms with Gasteiger partial charge in [-0.2, -0.15) is 0 Å². The van der Waals surface area contributed by atoms with Gasteiger partial charge in [-0.15, -0.1) is 0 Å². The highest BCUT2D eigenvalue weighted by atomic mass is 16.6. The number of hydrogen-bond donors (Lipinski definition) is 1. The molecule has 0 saturated heterocycles. The Hall–Kier alpha value is -1.42. The topological polar surface area (TPSA) is 39.7 Å². The number of benzene rings is 1. The summed E-state index contributed by atoms with van der Waals surface area (Å²) >= 11 is 0. The second-order valence-electron chi connectivity index (χ2n) is 3.99. The molecule has 0 unspecified atom stereocenters. The third-order valence-corrected chi connectivity index (χ3v) is 2.65. The molecule has 4 heteroatoms. The van der Waals surface area contributed by atoms with Gasteiger partial charge in [-0.3, -0.25) is 0 Å². The summed E-state index contributed by atoms with van der Waals surface area (Å²) < 4.78 is 16.0. The Balaban J connectivity index is 1.81. The zero-order valence-corrected chi connectivity index (χ0v) is 10.2. The van der Waals surface area contributed by atoms with Gasteiger partial charge >= 0.3 is 0 Å². The van der Waals surface area contributed by atoms with Gasteiger partial charge in [0.15, 0.2) is 11.5 Å². The quantitative estimate of drug-likeness (QED) is 0.771. The van der Waals surface area contributed by atoms with Crippen molar-refractivity contribution in [3.63, 3.8) is 0 Å². The minimum Gasteiger partial charge on any atom is -0.486 e. The van der Waals surface area contributed by atoms with Gasteiger partial charge in [-0.1, -0.05) is 0 Å². The fourth-order valence-electron chi connectivity index (χ4n) is 1.76. The molecular weight excluding hydrogens is 218 g/mol. The van der Waals surface area contributed by atoms with E-state index in [1.807, 2.05) is 18.2 Å². The Morgan fingerprint density at radius 2 is 2.00 bits per heavy atom. The molecule has 0 saturated carbocycles. The first-order valence-corrected chi connectivity index (χ1v) is 6.02. The Morgan fingerprint density at radius 1 is 1.18 bits per heavy atom. The fraction of sp³-hybridized carbons (Fsp3) is 0.538. The number of hydrogen-bond acceptors (Lipinski definition) is 4. The fourth-order valence-corrected chi connectivity index (χ4v) is 1.76. The average molecular weight is 237 g/mol. The van der Waals surface area contributed by atoms with E-state index < -0.39 is 0 Å². The van der Waals surface area contributed by atoms with E-state index in [-0.39, 0.29) is 0 Å². The molecule has 17 heavy (non-hydrogen) atoms. The molecule has 94 valence electrons. The number of anilines is 1. The smallest absolute Gasteiger partial charge is 0.163 e. The van der Waals surface area contributed by atoms with Gasteiger partial charge in [0.1, 0.15) is 13.2 Å². The lowest BCUT2D eigenvalue weighted by molar-refractivity contribution is 0.171. The highest BCUT2D eigenvalue weighted by Gasteiger charge is 2.11. The predicted molar refractivity (Wildman–Crippen MR) is 67.0 cm³/mol. The largest absolute Gasteiger partial charge is 0.486 e. The van der Waals surface area contributed by atoms with Crippen LogP contribution in [0.25, 0.3) is 0 Å². The number of nitrogens with one attached hydrogen (secondary N) is 1. The van der Waals surface area contributed by atoms with E-state index in [2.05, 4.69) is 5.32 Å². The Morgan fingerprint density at radius 3 is 2.82 bits per heavy atom. The summed E-state index contributed by atoms with van der Waals surface area (Å²) in [7, 11) is 1.73. The van der Waals surface area contributed by atoms with Crippen molar-refractivity contribution in [1.82, 2.24) is 0 Å². The molecule has 0 radical (unpaired) electrons. The second-order valence-corrected chi connectivity index (χ2v) is 3.99. The highest BCUT2D eigenvalue weighted by molar-refractivity contribution is 5.55. The molecule has 2 rings (SSSR count). The first-order valence-electron chi connectivity index (χ1n) is 6.02. The number of rotatable bonds is 6. The maximum absolute atomic E-state index is 5.52. The molecule has 0 fully saturated rings. The SMILES string of the molecule is COCCCCNc1ccc2c(c1)OCCO2. The molecule has 1 aromatic carbocycles. The van der Waals surface area contributed by atoms with Gasteiger partial charge in [0.25, 0.3) is 0 Å². The second kappa shape index (κ2) is 6.35. The molecule has 1 aromatic rings. The van der Waals surface area contributed by atoms with Crippen LogP contribution in [0.4, 0.5) is 5.69 Å². The summed E-state index contributed by atoms with van der Waals surface area (Å²) in [6, 6.07) is 5.96. The van der Waals surface area contributed by atoms with E-state index in [1.165, 1.54) is 0 Å². The molecule has 1 heterocycles. The highest BCUT2D eigenvalue weighted by Crippen LogP contribution is 2.32. The summed E-state index contributed by atoms with van der Waals surface area (Å²) in [5, 5.41) is 3.36. The lowest BCUT2D eigenvalue weighted by atomic mass is 10.2. The Kier molecular flexibility index (Phi) is 4.50. The zero-order chi connectivity index (χ0) is 11.9. The van der Waals surface area contributed by atoms with E-state index in [9.17, 15) is 0 Å². The molecule has 0 atom stereocenters. The molecule has 0 aliphatic carbocycles. The van der Waals surface area contributed by atoms with Crippen LogP contribution in [0.2, 0.25) is 0 Å². The minimum absolute atomic E-state index is 0.629. The molecule has 4 nitrogen and oxygen atoms in total. The lowest BCUT2D eigenvalue weighted by Gasteiger charge is -2.19. The van der Waals surface area contributed by atoms with E-state index in [0.717, 1.165) is 43.2 Å². The van der Waals surface area contributed by atoms with Crippen LogP contribution >= 0.6 is 0 Å². The first kappa shape index (κ1) is 12.0. The molecule has 1 aliphatic rings. The number of methoxy groups -OCH3 is 1. The maximum Gasteiger partial charge on any atom is 0.163 e. The van der Waals surface area contributed by atoms with Crippen molar-refractivity contribution in [3.05, 3.63) is 18.2 Å². The van der Waals surface area contributed by atoms with Gasteiger partial charge in [0, 0.05) is 32.0 Å². The zero-order valence-electron chi connectivity index (χ0n) is 10.2. The first-order chi connectivity index (χ1) is 8.40. The molecule has 1 N–H and O–H groups in total. The van der Waals surface area contributed by atoms with Crippen molar-refractivity contribution < 1.29 is 14.2 Å². The van der Waals surface area contributed by atoms with Crippen LogP contribution in [-0.2, 0) is 4.74 Å². The Bertz CT molecular complexity index is 355. The van der Waals surface area contributed by atoms with Crippen molar-refractivity contribution >= 4 is 5.69 Å². The average Bonchev–Trinajstić information content (AvgIpc) is 2.38. The van der Waals surface area contributed by atoms with Crippen LogP contribution in [-0.4, -0.2) is 33.5 Å². The van der Waals surface area contributed by atoms with Crippen molar-refractivity contribution in [1.29, 1.82) is 0 Å². The van der Waals surface area contributed by atoms with E-state index in [4.69, 9.17) is 14.2 Å². The lowest BCUT2D eigenvalue weighted by Crippen LogP contribution is -2.15. The van der Waals surface area contributed by atoms with E-state index >= 15 is 0 Å². The number of ether oxygens (including phenoxy) is 3. The van der Waals surface area contributed by atoms with Crippen molar-refractivity contribution in [2.45, 2.75) is 12.8 Å². The Labute approximate surface area is 102 Å². The third kappa shape index (κ3) is 3.53. The van der Waals surface area contributed by atoms with Crippen molar-refractivity contribution in [3.8, 4) is 11.5 Å². The van der Waals surface area contributed by atoms with Crippen LogP contribution in [0.1, 0.15) is 12.8 Å². The summed E-state index contributed by atoms with van der Waals surface area (Å²) in [6.45, 7) is 3.03. The van der Waals surface area contributed by atoms with E-state index in [0.29, 0.717) is 13.2 Å². The monoisotopic (exact) mass is 237 g/mol. The van der Waals surface area contributed by atoms with Crippen LogP contribution in [0.3, 0.4) is 0 Å². The standard InChI is InChI=1S/C13H19NO3/c1-15-7-3-2-6-14-11-4-5-12-13(10-11)17-9-8-16-12/h4-5,10,14H,2-3,6-9H2,1H3. The molecule has 0 bridgehead atoms. The summed E-state index contributed by atoms with van der Waals surface area (Å²) in [6.07, 6.45) is 2.18. The van der Waals surface area contributed by atoms with Crippen LogP contribution < -0.4 is 14.8 Å². The van der Waals surface area contributed by atoms with Crippen LogP contribution in [0.15, 0.2) is 18.2 Å². The summed E-state index contributed by atoms with van der Waals surface area (Å²) in [5.41, 5.74) is 1.08. The number of unbranched alkanes of at least 4 members (excludes halogenated alkanes) is 1.